The van der Waals surface area contributed by atoms with Gasteiger partial charge in [0.05, 0.1) is 32.2 Å². The molecule has 9 nitrogen and oxygen atoms in total. The number of rotatable bonds is 8. The Hall–Kier alpha value is -2.17. The van der Waals surface area contributed by atoms with E-state index in [-0.39, 0.29) is 12.4 Å². The monoisotopic (exact) mass is 409 g/mol. The summed E-state index contributed by atoms with van der Waals surface area (Å²) in [6.07, 6.45) is 4.02. The summed E-state index contributed by atoms with van der Waals surface area (Å²) in [5, 5.41) is 0.910. The fraction of sp³-hybridized carbons (Fsp3) is 0.556. The van der Waals surface area contributed by atoms with Crippen LogP contribution in [0, 0.1) is 5.92 Å². The van der Waals surface area contributed by atoms with Crippen molar-refractivity contribution in [1.29, 1.82) is 0 Å². The summed E-state index contributed by atoms with van der Waals surface area (Å²) in [7, 11) is -0.0744. The van der Waals surface area contributed by atoms with E-state index in [2.05, 4.69) is 19.6 Å². The van der Waals surface area contributed by atoms with E-state index in [1.165, 1.54) is 0 Å². The second-order valence-electron chi connectivity index (χ2n) is 6.81. The minimum atomic E-state index is -3.27. The third-order valence-electron chi connectivity index (χ3n) is 5.13. The fourth-order valence-corrected chi connectivity index (χ4v) is 4.62. The predicted octanol–water partition coefficient (Wildman–Crippen LogP) is 1.09. The maximum Gasteiger partial charge on any atom is 0.212 e. The van der Waals surface area contributed by atoms with Crippen LogP contribution in [0.3, 0.4) is 0 Å². The Morgan fingerprint density at radius 2 is 1.86 bits per heavy atom. The molecule has 0 aliphatic carbocycles. The van der Waals surface area contributed by atoms with Gasteiger partial charge in [-0.15, -0.1) is 0 Å². The van der Waals surface area contributed by atoms with Gasteiger partial charge in [0.1, 0.15) is 12.1 Å². The van der Waals surface area contributed by atoms with Crippen LogP contribution in [0.1, 0.15) is 19.3 Å². The van der Waals surface area contributed by atoms with E-state index in [1.807, 2.05) is 12.1 Å². The quantitative estimate of drug-likeness (QED) is 0.622. The Balaban J connectivity index is 1.71. The number of nitrogens with one attached hydrogen (secondary N) is 1. The molecule has 28 heavy (non-hydrogen) atoms. The molecule has 0 radical (unpaired) electrons. The summed E-state index contributed by atoms with van der Waals surface area (Å²) >= 11 is 0. The first-order chi connectivity index (χ1) is 13.5. The number of aromatic nitrogens is 2. The van der Waals surface area contributed by atoms with Gasteiger partial charge in [-0.1, -0.05) is 0 Å². The molecule has 0 spiro atoms. The van der Waals surface area contributed by atoms with Crippen molar-refractivity contribution in [2.24, 2.45) is 11.7 Å². The number of methoxy groups -OCH3 is 2. The minimum Gasteiger partial charge on any atom is -0.493 e. The van der Waals surface area contributed by atoms with Crippen molar-refractivity contribution in [1.82, 2.24) is 14.7 Å². The zero-order valence-corrected chi connectivity index (χ0v) is 17.0. The summed E-state index contributed by atoms with van der Waals surface area (Å²) in [6, 6.07) is 3.75. The third kappa shape index (κ3) is 4.62. The largest absolute Gasteiger partial charge is 0.493 e. The van der Waals surface area contributed by atoms with E-state index >= 15 is 0 Å². The van der Waals surface area contributed by atoms with Gasteiger partial charge in [0, 0.05) is 24.5 Å². The molecule has 1 aliphatic heterocycles. The number of sulfonamides is 1. The number of nitrogens with zero attached hydrogens (tertiary/aromatic N) is 3. The summed E-state index contributed by atoms with van der Waals surface area (Å²) in [5.74, 6) is 2.61. The lowest BCUT2D eigenvalue weighted by Crippen LogP contribution is -2.36. The minimum absolute atomic E-state index is 0.0597. The molecule has 1 saturated heterocycles. The summed E-state index contributed by atoms with van der Waals surface area (Å²) < 4.78 is 36.7. The molecule has 0 atom stereocenters. The number of piperidine rings is 1. The normalized spacial score (nSPS) is 15.8. The van der Waals surface area contributed by atoms with Crippen LogP contribution < -0.4 is 24.8 Å². The summed E-state index contributed by atoms with van der Waals surface area (Å²) in [4.78, 5) is 11.1. The highest BCUT2D eigenvalue weighted by molar-refractivity contribution is 7.89. The fourth-order valence-electron chi connectivity index (χ4n) is 3.58. The highest BCUT2D eigenvalue weighted by atomic mass is 32.2. The first kappa shape index (κ1) is 20.6. The topological polar surface area (TPSA) is 120 Å². The van der Waals surface area contributed by atoms with Crippen molar-refractivity contribution in [3.8, 4) is 11.5 Å². The molecule has 1 fully saturated rings. The zero-order valence-electron chi connectivity index (χ0n) is 16.2. The van der Waals surface area contributed by atoms with Crippen LogP contribution in [0.5, 0.6) is 11.5 Å². The lowest BCUT2D eigenvalue weighted by Gasteiger charge is -2.33. The molecule has 1 aromatic carbocycles. The Bertz CT molecular complexity index is 914. The Morgan fingerprint density at radius 1 is 1.18 bits per heavy atom. The lowest BCUT2D eigenvalue weighted by atomic mass is 9.94. The molecular weight excluding hydrogens is 382 g/mol. The molecular formula is C18H27N5O4S. The second kappa shape index (κ2) is 8.89. The molecule has 154 valence electrons. The SMILES string of the molecule is COc1cc2ncnc(N3CCC(CCS(=O)(=O)NCN)CC3)c2cc1OC. The number of ether oxygens (including phenoxy) is 2. The van der Waals surface area contributed by atoms with Crippen LogP contribution in [0.4, 0.5) is 5.82 Å². The number of fused-ring (bicyclic) bond motifs is 1. The van der Waals surface area contributed by atoms with E-state index in [9.17, 15) is 8.42 Å². The van der Waals surface area contributed by atoms with Gasteiger partial charge >= 0.3 is 0 Å². The van der Waals surface area contributed by atoms with Crippen molar-refractivity contribution in [2.45, 2.75) is 19.3 Å². The summed E-state index contributed by atoms with van der Waals surface area (Å²) in [5.41, 5.74) is 6.06. The van der Waals surface area contributed by atoms with Crippen LogP contribution >= 0.6 is 0 Å². The second-order valence-corrected chi connectivity index (χ2v) is 8.73. The van der Waals surface area contributed by atoms with Crippen molar-refractivity contribution >= 4 is 26.7 Å². The lowest BCUT2D eigenvalue weighted by molar-refractivity contribution is 0.355. The highest BCUT2D eigenvalue weighted by Gasteiger charge is 2.24. The van der Waals surface area contributed by atoms with Gasteiger partial charge in [-0.3, -0.25) is 0 Å². The molecule has 3 rings (SSSR count). The van der Waals surface area contributed by atoms with Gasteiger partial charge in [-0.05, 0) is 31.2 Å². The van der Waals surface area contributed by atoms with Gasteiger partial charge in [0.25, 0.3) is 0 Å². The first-order valence-corrected chi connectivity index (χ1v) is 10.9. The maximum absolute atomic E-state index is 11.8. The van der Waals surface area contributed by atoms with E-state index in [4.69, 9.17) is 15.2 Å². The molecule has 0 bridgehead atoms. The van der Waals surface area contributed by atoms with Gasteiger partial charge < -0.3 is 20.1 Å². The van der Waals surface area contributed by atoms with Crippen molar-refractivity contribution < 1.29 is 17.9 Å². The smallest absolute Gasteiger partial charge is 0.212 e. The molecule has 1 aliphatic rings. The van der Waals surface area contributed by atoms with Crippen molar-refractivity contribution in [3.63, 3.8) is 0 Å². The molecule has 3 N–H and O–H groups in total. The first-order valence-electron chi connectivity index (χ1n) is 9.26. The number of hydrogen-bond acceptors (Lipinski definition) is 8. The Labute approximate surface area is 165 Å². The average molecular weight is 410 g/mol. The third-order valence-corrected chi connectivity index (χ3v) is 6.51. The summed E-state index contributed by atoms with van der Waals surface area (Å²) in [6.45, 7) is 1.57. The van der Waals surface area contributed by atoms with E-state index in [0.29, 0.717) is 23.8 Å². The molecule has 2 heterocycles. The van der Waals surface area contributed by atoms with E-state index in [1.54, 1.807) is 20.5 Å². The molecule has 10 heteroatoms. The predicted molar refractivity (Wildman–Crippen MR) is 108 cm³/mol. The maximum atomic E-state index is 11.8. The average Bonchev–Trinajstić information content (AvgIpc) is 2.71. The van der Waals surface area contributed by atoms with Crippen LogP contribution in [-0.4, -0.2) is 58.1 Å². The Kier molecular flexibility index (Phi) is 6.53. The van der Waals surface area contributed by atoms with Crippen LogP contribution in [0.25, 0.3) is 10.9 Å². The molecule has 0 unspecified atom stereocenters. The van der Waals surface area contributed by atoms with Gasteiger partial charge in [-0.25, -0.2) is 23.1 Å². The van der Waals surface area contributed by atoms with Crippen molar-refractivity contribution in [3.05, 3.63) is 18.5 Å². The van der Waals surface area contributed by atoms with Crippen LogP contribution in [-0.2, 0) is 10.0 Å². The van der Waals surface area contributed by atoms with Gasteiger partial charge in [0.2, 0.25) is 10.0 Å². The number of benzene rings is 1. The zero-order chi connectivity index (χ0) is 20.1. The molecule has 2 aromatic rings. The Morgan fingerprint density at radius 3 is 2.50 bits per heavy atom. The number of anilines is 1. The standard InChI is InChI=1S/C18H27N5O4S/c1-26-16-9-14-15(10-17(16)27-2)20-12-21-18(14)23-6-3-13(4-7-23)5-8-28(24,25)22-11-19/h9-10,12-13,22H,3-8,11,19H2,1-2H3. The molecule has 1 aromatic heterocycles. The molecule has 0 amide bonds. The van der Waals surface area contributed by atoms with E-state index in [0.717, 1.165) is 42.7 Å². The van der Waals surface area contributed by atoms with Gasteiger partial charge in [0.15, 0.2) is 11.5 Å². The highest BCUT2D eigenvalue weighted by Crippen LogP contribution is 2.35. The van der Waals surface area contributed by atoms with Gasteiger partial charge in [-0.2, -0.15) is 0 Å². The van der Waals surface area contributed by atoms with Crippen LogP contribution in [0.2, 0.25) is 0 Å². The molecule has 0 saturated carbocycles. The van der Waals surface area contributed by atoms with Crippen LogP contribution in [0.15, 0.2) is 18.5 Å². The number of nitrogens with two attached hydrogens (primary N) is 1. The van der Waals surface area contributed by atoms with E-state index < -0.39 is 10.0 Å². The van der Waals surface area contributed by atoms with Crippen molar-refractivity contribution in [2.75, 3.05) is 44.6 Å². The number of hydrogen-bond donors (Lipinski definition) is 2.